The number of ether oxygens (including phenoxy) is 1. The molecular formula is C11H16N2O3. The number of aryl methyl sites for hydroxylation is 1. The lowest BCUT2D eigenvalue weighted by Gasteiger charge is -2.19. The summed E-state index contributed by atoms with van der Waals surface area (Å²) in [5, 5.41) is 13.5. The Kier molecular flexibility index (Phi) is 2.71. The van der Waals surface area contributed by atoms with Crippen molar-refractivity contribution in [3.63, 3.8) is 0 Å². The maximum Gasteiger partial charge on any atom is 0.333 e. The van der Waals surface area contributed by atoms with Gasteiger partial charge in [0.05, 0.1) is 11.1 Å². The molecule has 1 aromatic heterocycles. The van der Waals surface area contributed by atoms with Crippen molar-refractivity contribution in [1.82, 2.24) is 9.78 Å². The SMILES string of the molecule is CCn1ccc(C2(C(OC)C(=O)O)CC2)n1. The van der Waals surface area contributed by atoms with Gasteiger partial charge in [-0.05, 0) is 25.8 Å². The van der Waals surface area contributed by atoms with E-state index in [9.17, 15) is 4.79 Å². The quantitative estimate of drug-likeness (QED) is 0.811. The van der Waals surface area contributed by atoms with E-state index >= 15 is 0 Å². The van der Waals surface area contributed by atoms with Crippen LogP contribution in [0.25, 0.3) is 0 Å². The molecule has 5 heteroatoms. The van der Waals surface area contributed by atoms with Crippen molar-refractivity contribution in [1.29, 1.82) is 0 Å². The van der Waals surface area contributed by atoms with Crippen molar-refractivity contribution in [2.75, 3.05) is 7.11 Å². The molecule has 2 rings (SSSR count). The van der Waals surface area contributed by atoms with Gasteiger partial charge in [0.15, 0.2) is 6.10 Å². The van der Waals surface area contributed by atoms with Gasteiger partial charge in [0, 0.05) is 19.9 Å². The Morgan fingerprint density at radius 2 is 2.44 bits per heavy atom. The van der Waals surface area contributed by atoms with E-state index in [0.29, 0.717) is 0 Å². The minimum Gasteiger partial charge on any atom is -0.479 e. The molecule has 1 unspecified atom stereocenters. The van der Waals surface area contributed by atoms with E-state index in [0.717, 1.165) is 25.1 Å². The Morgan fingerprint density at radius 3 is 2.81 bits per heavy atom. The van der Waals surface area contributed by atoms with E-state index in [1.165, 1.54) is 7.11 Å². The van der Waals surface area contributed by atoms with Crippen molar-refractivity contribution in [2.45, 2.75) is 37.8 Å². The first kappa shape index (κ1) is 11.1. The van der Waals surface area contributed by atoms with Gasteiger partial charge in [-0.1, -0.05) is 0 Å². The molecule has 0 bridgehead atoms. The van der Waals surface area contributed by atoms with Crippen LogP contribution in [0.5, 0.6) is 0 Å². The Hall–Kier alpha value is -1.36. The highest BCUT2D eigenvalue weighted by atomic mass is 16.5. The zero-order valence-electron chi connectivity index (χ0n) is 9.51. The number of carbonyl (C=O) groups is 1. The highest BCUT2D eigenvalue weighted by molar-refractivity contribution is 5.75. The first-order valence-electron chi connectivity index (χ1n) is 5.43. The predicted molar refractivity (Wildman–Crippen MR) is 57.2 cm³/mol. The molecule has 0 amide bonds. The predicted octanol–water partition coefficient (Wildman–Crippen LogP) is 1.03. The van der Waals surface area contributed by atoms with Crippen LogP contribution in [0.1, 0.15) is 25.5 Å². The second kappa shape index (κ2) is 3.90. The number of hydrogen-bond acceptors (Lipinski definition) is 3. The van der Waals surface area contributed by atoms with E-state index in [-0.39, 0.29) is 0 Å². The molecule has 0 spiro atoms. The van der Waals surface area contributed by atoms with Crippen LogP contribution in [0.15, 0.2) is 12.3 Å². The van der Waals surface area contributed by atoms with Crippen molar-refractivity contribution in [3.8, 4) is 0 Å². The summed E-state index contributed by atoms with van der Waals surface area (Å²) in [6.45, 7) is 2.79. The number of carboxylic acids is 1. The minimum atomic E-state index is -0.911. The van der Waals surface area contributed by atoms with E-state index in [4.69, 9.17) is 9.84 Å². The number of rotatable bonds is 5. The monoisotopic (exact) mass is 224 g/mol. The summed E-state index contributed by atoms with van der Waals surface area (Å²) in [5.74, 6) is -0.911. The molecule has 0 aromatic carbocycles. The molecule has 1 N–H and O–H groups in total. The third kappa shape index (κ3) is 1.61. The summed E-state index contributed by atoms with van der Waals surface area (Å²) in [7, 11) is 1.44. The molecule has 88 valence electrons. The van der Waals surface area contributed by atoms with Crippen LogP contribution in [0.3, 0.4) is 0 Å². The topological polar surface area (TPSA) is 64.3 Å². The fourth-order valence-electron chi connectivity index (χ4n) is 2.15. The normalized spacial score (nSPS) is 19.4. The molecule has 5 nitrogen and oxygen atoms in total. The maximum absolute atomic E-state index is 11.1. The summed E-state index contributed by atoms with van der Waals surface area (Å²) < 4.78 is 6.90. The zero-order chi connectivity index (χ0) is 11.8. The lowest BCUT2D eigenvalue weighted by Crippen LogP contribution is -2.36. The van der Waals surface area contributed by atoms with Crippen LogP contribution in [-0.2, 0) is 21.5 Å². The molecular weight excluding hydrogens is 208 g/mol. The van der Waals surface area contributed by atoms with Gasteiger partial charge in [-0.15, -0.1) is 0 Å². The second-order valence-corrected chi connectivity index (χ2v) is 4.17. The summed E-state index contributed by atoms with van der Waals surface area (Å²) in [6.07, 6.45) is 2.76. The smallest absolute Gasteiger partial charge is 0.333 e. The van der Waals surface area contributed by atoms with Crippen LogP contribution in [0, 0.1) is 0 Å². The molecule has 1 aliphatic carbocycles. The number of carboxylic acid groups (broad SMARTS) is 1. The van der Waals surface area contributed by atoms with Crippen molar-refractivity contribution < 1.29 is 14.6 Å². The third-order valence-electron chi connectivity index (χ3n) is 3.23. The van der Waals surface area contributed by atoms with Gasteiger partial charge in [-0.3, -0.25) is 4.68 Å². The lowest BCUT2D eigenvalue weighted by molar-refractivity contribution is -0.150. The van der Waals surface area contributed by atoms with Crippen LogP contribution < -0.4 is 0 Å². The molecule has 0 radical (unpaired) electrons. The first-order chi connectivity index (χ1) is 7.64. The molecule has 1 saturated carbocycles. The number of nitrogens with zero attached hydrogens (tertiary/aromatic N) is 2. The summed E-state index contributed by atoms with van der Waals surface area (Å²) in [5.41, 5.74) is 0.435. The van der Waals surface area contributed by atoms with Gasteiger partial charge >= 0.3 is 5.97 Å². The van der Waals surface area contributed by atoms with E-state index in [2.05, 4.69) is 5.10 Å². The largest absolute Gasteiger partial charge is 0.479 e. The molecule has 1 aromatic rings. The number of methoxy groups -OCH3 is 1. The molecule has 1 aliphatic rings. The van der Waals surface area contributed by atoms with Crippen molar-refractivity contribution in [2.24, 2.45) is 0 Å². The summed E-state index contributed by atoms with van der Waals surface area (Å²) >= 11 is 0. The van der Waals surface area contributed by atoms with Gasteiger partial charge in [-0.25, -0.2) is 4.79 Å². The Morgan fingerprint density at radius 1 is 1.75 bits per heavy atom. The van der Waals surface area contributed by atoms with Crippen LogP contribution >= 0.6 is 0 Å². The molecule has 1 atom stereocenters. The van der Waals surface area contributed by atoms with Crippen molar-refractivity contribution in [3.05, 3.63) is 18.0 Å². The molecule has 1 fully saturated rings. The van der Waals surface area contributed by atoms with Crippen LogP contribution in [0.2, 0.25) is 0 Å². The Labute approximate surface area is 94.0 Å². The van der Waals surface area contributed by atoms with Gasteiger partial charge < -0.3 is 9.84 Å². The standard InChI is InChI=1S/C11H16N2O3/c1-3-13-7-4-8(12-13)11(5-6-11)9(16-2)10(14)15/h4,7,9H,3,5-6H2,1-2H3,(H,14,15). The average molecular weight is 224 g/mol. The highest BCUT2D eigenvalue weighted by Crippen LogP contribution is 2.51. The molecule has 0 aliphatic heterocycles. The van der Waals surface area contributed by atoms with Crippen LogP contribution in [0.4, 0.5) is 0 Å². The zero-order valence-corrected chi connectivity index (χ0v) is 9.51. The van der Waals surface area contributed by atoms with E-state index in [1.807, 2.05) is 23.9 Å². The van der Waals surface area contributed by atoms with Crippen LogP contribution in [-0.4, -0.2) is 34.1 Å². The maximum atomic E-state index is 11.1. The van der Waals surface area contributed by atoms with E-state index < -0.39 is 17.5 Å². The molecule has 0 saturated heterocycles. The number of aromatic nitrogens is 2. The van der Waals surface area contributed by atoms with Gasteiger partial charge in [0.25, 0.3) is 0 Å². The Balaban J connectivity index is 2.27. The third-order valence-corrected chi connectivity index (χ3v) is 3.23. The molecule has 16 heavy (non-hydrogen) atoms. The number of hydrogen-bond donors (Lipinski definition) is 1. The highest BCUT2D eigenvalue weighted by Gasteiger charge is 2.56. The summed E-state index contributed by atoms with van der Waals surface area (Å²) in [6, 6.07) is 1.89. The minimum absolute atomic E-state index is 0.402. The first-order valence-corrected chi connectivity index (χ1v) is 5.43. The fourth-order valence-corrected chi connectivity index (χ4v) is 2.15. The van der Waals surface area contributed by atoms with E-state index in [1.54, 1.807) is 0 Å². The van der Waals surface area contributed by atoms with Gasteiger partial charge in [-0.2, -0.15) is 5.10 Å². The fraction of sp³-hybridized carbons (Fsp3) is 0.636. The second-order valence-electron chi connectivity index (χ2n) is 4.17. The summed E-state index contributed by atoms with van der Waals surface area (Å²) in [4.78, 5) is 11.1. The molecule has 1 heterocycles. The Bertz CT molecular complexity index is 396. The van der Waals surface area contributed by atoms with Gasteiger partial charge in [0.2, 0.25) is 0 Å². The average Bonchev–Trinajstić information content (AvgIpc) is 2.90. The number of aliphatic carboxylic acids is 1. The van der Waals surface area contributed by atoms with Crippen molar-refractivity contribution >= 4 is 5.97 Å². The lowest BCUT2D eigenvalue weighted by atomic mass is 9.95. The van der Waals surface area contributed by atoms with Gasteiger partial charge in [0.1, 0.15) is 0 Å².